The Morgan fingerprint density at radius 1 is 1.21 bits per heavy atom. The first-order valence-corrected chi connectivity index (χ1v) is 5.70. The number of aliphatic carboxylic acids is 1. The van der Waals surface area contributed by atoms with E-state index in [0.29, 0.717) is 0 Å². The molecule has 1 rings (SSSR count). The molecule has 6 nitrogen and oxygen atoms in total. The molecule has 0 atom stereocenters. The molecule has 3 N–H and O–H groups in total. The molecular weight excluding hydrogens is 255 g/mol. The Balaban J connectivity index is 2.12. The molecule has 2 amide bonds. The minimum Gasteiger partial charge on any atom is -0.489 e. The summed E-state index contributed by atoms with van der Waals surface area (Å²) in [5.41, 5.74) is 0. The van der Waals surface area contributed by atoms with Gasteiger partial charge in [-0.1, -0.05) is 12.1 Å². The molecule has 0 unspecified atom stereocenters. The molecule has 0 fully saturated rings. The van der Waals surface area contributed by atoms with E-state index in [1.807, 2.05) is 0 Å². The Bertz CT molecular complexity index is 439. The lowest BCUT2D eigenvalue weighted by Crippen LogP contribution is -2.38. The summed E-state index contributed by atoms with van der Waals surface area (Å²) in [6.07, 6.45) is -0.140. The maximum absolute atomic E-state index is 13.1. The number of nitrogens with one attached hydrogen (secondary N) is 2. The number of halogens is 1. The summed E-state index contributed by atoms with van der Waals surface area (Å²) in [5, 5.41) is 13.2. The van der Waals surface area contributed by atoms with E-state index in [0.717, 1.165) is 0 Å². The number of carboxylic acids is 1. The monoisotopic (exact) mass is 270 g/mol. The fourth-order valence-corrected chi connectivity index (χ4v) is 1.23. The first kappa shape index (κ1) is 14.7. The Morgan fingerprint density at radius 2 is 1.89 bits per heavy atom. The highest BCUT2D eigenvalue weighted by Gasteiger charge is 2.03. The third kappa shape index (κ3) is 6.25. The molecule has 0 aliphatic rings. The predicted molar refractivity (Wildman–Crippen MR) is 65.5 cm³/mol. The van der Waals surface area contributed by atoms with E-state index < -0.39 is 17.8 Å². The van der Waals surface area contributed by atoms with E-state index in [2.05, 4.69) is 10.6 Å². The highest BCUT2D eigenvalue weighted by molar-refractivity contribution is 5.74. The predicted octanol–water partition coefficient (Wildman–Crippen LogP) is 0.978. The second-order valence-electron chi connectivity index (χ2n) is 3.61. The van der Waals surface area contributed by atoms with Gasteiger partial charge in [0.1, 0.15) is 6.61 Å². The summed E-state index contributed by atoms with van der Waals surface area (Å²) >= 11 is 0. The summed E-state index contributed by atoms with van der Waals surface area (Å²) in [6.45, 7) is 0.357. The van der Waals surface area contributed by atoms with E-state index in [1.54, 1.807) is 12.1 Å². The molecule has 0 aliphatic heterocycles. The number of para-hydroxylation sites is 1. The number of carbonyl (C=O) groups excluding carboxylic acids is 1. The zero-order chi connectivity index (χ0) is 14.1. The Morgan fingerprint density at radius 3 is 2.58 bits per heavy atom. The van der Waals surface area contributed by atoms with Crippen LogP contribution in [0, 0.1) is 5.82 Å². The average molecular weight is 270 g/mol. The lowest BCUT2D eigenvalue weighted by atomic mass is 10.3. The first-order chi connectivity index (χ1) is 9.09. The normalized spacial score (nSPS) is 9.74. The molecule has 19 heavy (non-hydrogen) atoms. The van der Waals surface area contributed by atoms with Crippen molar-refractivity contribution in [2.75, 3.05) is 19.7 Å². The van der Waals surface area contributed by atoms with Gasteiger partial charge in [-0.2, -0.15) is 0 Å². The van der Waals surface area contributed by atoms with Gasteiger partial charge in [0.2, 0.25) is 0 Å². The van der Waals surface area contributed by atoms with Gasteiger partial charge in [0, 0.05) is 6.54 Å². The van der Waals surface area contributed by atoms with Crippen molar-refractivity contribution in [1.29, 1.82) is 0 Å². The SMILES string of the molecule is O=C(O)CCNC(=O)NCCOc1ccccc1F. The molecule has 1 aromatic rings. The molecule has 0 aromatic heterocycles. The Labute approximate surface area is 109 Å². The fraction of sp³-hybridized carbons (Fsp3) is 0.333. The van der Waals surface area contributed by atoms with Crippen molar-refractivity contribution in [3.8, 4) is 5.75 Å². The van der Waals surface area contributed by atoms with Gasteiger partial charge in [0.25, 0.3) is 0 Å². The summed E-state index contributed by atoms with van der Waals surface area (Å²) in [4.78, 5) is 21.4. The van der Waals surface area contributed by atoms with Crippen LogP contribution >= 0.6 is 0 Å². The lowest BCUT2D eigenvalue weighted by molar-refractivity contribution is -0.136. The molecular formula is C12H15FN2O4. The van der Waals surface area contributed by atoms with E-state index in [9.17, 15) is 14.0 Å². The van der Waals surface area contributed by atoms with Crippen molar-refractivity contribution in [1.82, 2.24) is 10.6 Å². The third-order valence-corrected chi connectivity index (χ3v) is 2.11. The maximum Gasteiger partial charge on any atom is 0.314 e. The number of hydrogen-bond acceptors (Lipinski definition) is 3. The van der Waals surface area contributed by atoms with Gasteiger partial charge >= 0.3 is 12.0 Å². The second-order valence-corrected chi connectivity index (χ2v) is 3.61. The highest BCUT2D eigenvalue weighted by atomic mass is 19.1. The number of urea groups is 1. The number of carboxylic acid groups (broad SMARTS) is 1. The Kier molecular flexibility index (Phi) is 6.14. The quantitative estimate of drug-likeness (QED) is 0.644. The molecule has 0 spiro atoms. The van der Waals surface area contributed by atoms with Gasteiger partial charge in [-0.25, -0.2) is 9.18 Å². The third-order valence-electron chi connectivity index (χ3n) is 2.11. The largest absolute Gasteiger partial charge is 0.489 e. The minimum absolute atomic E-state index is 0.0509. The molecule has 1 aromatic carbocycles. The van der Waals surface area contributed by atoms with Crippen molar-refractivity contribution in [3.05, 3.63) is 30.1 Å². The number of hydrogen-bond donors (Lipinski definition) is 3. The van der Waals surface area contributed by atoms with Crippen molar-refractivity contribution in [2.45, 2.75) is 6.42 Å². The van der Waals surface area contributed by atoms with Gasteiger partial charge < -0.3 is 20.5 Å². The highest BCUT2D eigenvalue weighted by Crippen LogP contribution is 2.14. The zero-order valence-electron chi connectivity index (χ0n) is 10.2. The van der Waals surface area contributed by atoms with E-state index >= 15 is 0 Å². The topological polar surface area (TPSA) is 87.7 Å². The first-order valence-electron chi connectivity index (χ1n) is 5.70. The number of amides is 2. The molecule has 7 heteroatoms. The molecule has 0 radical (unpaired) electrons. The standard InChI is InChI=1S/C12H15FN2O4/c13-9-3-1-2-4-10(9)19-8-7-15-12(18)14-6-5-11(16)17/h1-4H,5-8H2,(H,16,17)(H2,14,15,18). The van der Waals surface area contributed by atoms with Gasteiger partial charge in [0.15, 0.2) is 11.6 Å². The summed E-state index contributed by atoms with van der Waals surface area (Å²) in [6, 6.07) is 5.48. The summed E-state index contributed by atoms with van der Waals surface area (Å²) in [5.74, 6) is -1.33. The van der Waals surface area contributed by atoms with Crippen LogP contribution in [0.3, 0.4) is 0 Å². The van der Waals surface area contributed by atoms with Crippen LogP contribution in [0.25, 0.3) is 0 Å². The molecule has 0 heterocycles. The average Bonchev–Trinajstić information content (AvgIpc) is 2.36. The van der Waals surface area contributed by atoms with E-state index in [1.165, 1.54) is 12.1 Å². The number of carbonyl (C=O) groups is 2. The molecule has 0 aliphatic carbocycles. The number of benzene rings is 1. The lowest BCUT2D eigenvalue weighted by Gasteiger charge is -2.08. The zero-order valence-corrected chi connectivity index (χ0v) is 10.2. The Hall–Kier alpha value is -2.31. The van der Waals surface area contributed by atoms with Gasteiger partial charge in [0.05, 0.1) is 13.0 Å². The van der Waals surface area contributed by atoms with Crippen LogP contribution in [0.2, 0.25) is 0 Å². The van der Waals surface area contributed by atoms with Gasteiger partial charge in [-0.3, -0.25) is 4.79 Å². The van der Waals surface area contributed by atoms with Crippen LogP contribution in [0.4, 0.5) is 9.18 Å². The maximum atomic E-state index is 13.1. The minimum atomic E-state index is -0.983. The van der Waals surface area contributed by atoms with Crippen LogP contribution in [0.1, 0.15) is 6.42 Å². The molecule has 104 valence electrons. The van der Waals surface area contributed by atoms with Crippen LogP contribution < -0.4 is 15.4 Å². The van der Waals surface area contributed by atoms with Crippen LogP contribution in [-0.2, 0) is 4.79 Å². The van der Waals surface area contributed by atoms with E-state index in [4.69, 9.17) is 9.84 Å². The van der Waals surface area contributed by atoms with Gasteiger partial charge in [-0.05, 0) is 12.1 Å². The smallest absolute Gasteiger partial charge is 0.314 e. The molecule has 0 bridgehead atoms. The summed E-state index contributed by atoms with van der Waals surface area (Å²) in [7, 11) is 0. The summed E-state index contributed by atoms with van der Waals surface area (Å²) < 4.78 is 18.3. The van der Waals surface area contributed by atoms with Crippen LogP contribution in [0.5, 0.6) is 5.75 Å². The van der Waals surface area contributed by atoms with Gasteiger partial charge in [-0.15, -0.1) is 0 Å². The van der Waals surface area contributed by atoms with Crippen molar-refractivity contribution < 1.29 is 23.8 Å². The fourth-order valence-electron chi connectivity index (χ4n) is 1.23. The molecule has 0 saturated heterocycles. The number of ether oxygens (including phenoxy) is 1. The van der Waals surface area contributed by atoms with Crippen LogP contribution in [0.15, 0.2) is 24.3 Å². The molecule has 0 saturated carbocycles. The second kappa shape index (κ2) is 7.91. The van der Waals surface area contributed by atoms with Crippen molar-refractivity contribution in [2.24, 2.45) is 0 Å². The van der Waals surface area contributed by atoms with Crippen molar-refractivity contribution >= 4 is 12.0 Å². The van der Waals surface area contributed by atoms with E-state index in [-0.39, 0.29) is 31.9 Å². The van der Waals surface area contributed by atoms with Crippen molar-refractivity contribution in [3.63, 3.8) is 0 Å². The number of rotatable bonds is 7. The van der Waals surface area contributed by atoms with Crippen LogP contribution in [-0.4, -0.2) is 36.8 Å².